The minimum Gasteiger partial charge on any atom is -0.396 e. The Hall–Kier alpha value is -0.500. The van der Waals surface area contributed by atoms with Gasteiger partial charge in [0, 0.05) is 5.41 Å². The number of aliphatic hydroxyl groups excluding tert-OH is 6. The maximum atomic E-state index is 11.8. The molecule has 0 aromatic rings. The fourth-order valence-corrected chi connectivity index (χ4v) is 10.9. The Kier molecular flexibility index (Phi) is 6.03. The summed E-state index contributed by atoms with van der Waals surface area (Å²) in [6.07, 6.45) is 4.21. The van der Waals surface area contributed by atoms with E-state index >= 15 is 0 Å². The van der Waals surface area contributed by atoms with E-state index in [1.54, 1.807) is 0 Å². The van der Waals surface area contributed by atoms with Gasteiger partial charge in [-0.3, -0.25) is 0 Å². The number of aliphatic hydroxyl groups is 6. The van der Waals surface area contributed by atoms with Crippen LogP contribution >= 0.6 is 0 Å². The van der Waals surface area contributed by atoms with E-state index in [0.717, 1.165) is 25.7 Å². The molecule has 2 unspecified atom stereocenters. The van der Waals surface area contributed by atoms with Crippen molar-refractivity contribution in [3.63, 3.8) is 0 Å². The van der Waals surface area contributed by atoms with Crippen LogP contribution in [0.3, 0.4) is 0 Å². The highest BCUT2D eigenvalue weighted by atomic mass is 16.3. The van der Waals surface area contributed by atoms with Gasteiger partial charge in [-0.05, 0) is 84.4 Å². The highest BCUT2D eigenvalue weighted by Crippen LogP contribution is 2.75. The zero-order valence-corrected chi connectivity index (χ0v) is 23.2. The molecule has 4 saturated carbocycles. The second kappa shape index (κ2) is 8.02. The van der Waals surface area contributed by atoms with E-state index in [9.17, 15) is 30.6 Å². The lowest BCUT2D eigenvalue weighted by Crippen LogP contribution is -2.71. The molecule has 0 aromatic carbocycles. The first-order valence-electron chi connectivity index (χ1n) is 14.2. The van der Waals surface area contributed by atoms with Crippen LogP contribution in [0.5, 0.6) is 0 Å². The molecule has 0 bridgehead atoms. The highest BCUT2D eigenvalue weighted by molar-refractivity contribution is 5.36. The summed E-state index contributed by atoms with van der Waals surface area (Å²) < 4.78 is 0. The van der Waals surface area contributed by atoms with Gasteiger partial charge < -0.3 is 30.6 Å². The van der Waals surface area contributed by atoms with Crippen molar-refractivity contribution in [3.05, 3.63) is 11.6 Å². The molecule has 12 atom stereocenters. The molecule has 0 aliphatic heterocycles. The summed E-state index contributed by atoms with van der Waals surface area (Å²) in [7, 11) is 0. The minimum absolute atomic E-state index is 0.00861. The average molecular weight is 507 g/mol. The molecule has 0 amide bonds. The summed E-state index contributed by atoms with van der Waals surface area (Å²) in [6.45, 7) is 12.7. The molecule has 6 nitrogen and oxygen atoms in total. The SMILES string of the molecule is CC1(C)C[C@H]2C3=CCC4[C@@]5(C)CC[C@H](O)[C@](C)(CO)C5CC[C@@]4(C)[C@]3(C)C[C@@H](O)[C@@]2(CO)[C@@H](O)[C@@H]1O. The van der Waals surface area contributed by atoms with Crippen molar-refractivity contribution >= 4 is 0 Å². The molecule has 4 fully saturated rings. The number of fused-ring (bicyclic) bond motifs is 7. The summed E-state index contributed by atoms with van der Waals surface area (Å²) in [4.78, 5) is 0. The average Bonchev–Trinajstić information content (AvgIpc) is 2.81. The molecule has 6 heteroatoms. The lowest BCUT2D eigenvalue weighted by molar-refractivity contribution is -0.259. The molecule has 0 radical (unpaired) electrons. The van der Waals surface area contributed by atoms with E-state index in [4.69, 9.17) is 0 Å². The second-order valence-corrected chi connectivity index (χ2v) is 15.1. The van der Waals surface area contributed by atoms with Gasteiger partial charge in [-0.25, -0.2) is 0 Å². The predicted molar refractivity (Wildman–Crippen MR) is 138 cm³/mol. The first-order valence-corrected chi connectivity index (χ1v) is 14.2. The minimum atomic E-state index is -1.19. The number of hydrogen-bond donors (Lipinski definition) is 6. The monoisotopic (exact) mass is 506 g/mol. The molecule has 5 rings (SSSR count). The zero-order valence-electron chi connectivity index (χ0n) is 23.2. The summed E-state index contributed by atoms with van der Waals surface area (Å²) in [6, 6.07) is 0. The third-order valence-corrected chi connectivity index (χ3v) is 13.5. The molecule has 0 spiro atoms. The predicted octanol–water partition coefficient (Wildman–Crippen LogP) is 3.03. The third kappa shape index (κ3) is 2.95. The number of hydrogen-bond acceptors (Lipinski definition) is 6. The van der Waals surface area contributed by atoms with Gasteiger partial charge >= 0.3 is 0 Å². The standard InChI is InChI=1S/C30H50O6/c1-25(2)13-18-17-7-8-20-26(3)11-10-21(33)27(4,15-31)19(26)9-12-28(20,5)29(17,6)14-22(34)30(18,16-32)24(36)23(25)35/h7,18-24,31-36H,8-16H2,1-6H3/t18-,19?,20?,21-,22+,23-,24-,26-,27+,28+,29+,30-/m0/s1. The van der Waals surface area contributed by atoms with Crippen LogP contribution < -0.4 is 0 Å². The van der Waals surface area contributed by atoms with Crippen LogP contribution in [0.1, 0.15) is 86.5 Å². The van der Waals surface area contributed by atoms with Crippen LogP contribution in [0.15, 0.2) is 11.6 Å². The Morgan fingerprint density at radius 2 is 1.44 bits per heavy atom. The summed E-state index contributed by atoms with van der Waals surface area (Å²) in [5.41, 5.74) is -1.40. The smallest absolute Gasteiger partial charge is 0.0913 e. The molecular weight excluding hydrogens is 456 g/mol. The normalized spacial score (nSPS) is 58.1. The summed E-state index contributed by atoms with van der Waals surface area (Å²) in [5.74, 6) is 0.367. The van der Waals surface area contributed by atoms with Crippen LogP contribution in [0.4, 0.5) is 0 Å². The van der Waals surface area contributed by atoms with Gasteiger partial charge in [-0.15, -0.1) is 0 Å². The molecule has 5 aliphatic carbocycles. The van der Waals surface area contributed by atoms with Gasteiger partial charge in [-0.2, -0.15) is 0 Å². The third-order valence-electron chi connectivity index (χ3n) is 13.5. The quantitative estimate of drug-likeness (QED) is 0.320. The van der Waals surface area contributed by atoms with E-state index in [2.05, 4.69) is 33.8 Å². The first kappa shape index (κ1) is 27.1. The maximum absolute atomic E-state index is 11.8. The van der Waals surface area contributed by atoms with Crippen molar-refractivity contribution in [1.82, 2.24) is 0 Å². The molecule has 206 valence electrons. The van der Waals surface area contributed by atoms with Crippen molar-refractivity contribution in [2.75, 3.05) is 13.2 Å². The fourth-order valence-electron chi connectivity index (χ4n) is 10.9. The molecule has 0 heterocycles. The Balaban J connectivity index is 1.63. The molecule has 0 saturated heterocycles. The highest BCUT2D eigenvalue weighted by Gasteiger charge is 2.72. The van der Waals surface area contributed by atoms with Crippen LogP contribution in [-0.2, 0) is 0 Å². The molecule has 36 heavy (non-hydrogen) atoms. The lowest BCUT2D eigenvalue weighted by Gasteiger charge is -2.72. The molecule has 6 N–H and O–H groups in total. The van der Waals surface area contributed by atoms with Gasteiger partial charge in [0.05, 0.1) is 43.0 Å². The van der Waals surface area contributed by atoms with Gasteiger partial charge in [0.15, 0.2) is 0 Å². The Bertz CT molecular complexity index is 932. The maximum Gasteiger partial charge on any atom is 0.0913 e. The number of rotatable bonds is 2. The van der Waals surface area contributed by atoms with Crippen molar-refractivity contribution < 1.29 is 30.6 Å². The van der Waals surface area contributed by atoms with E-state index < -0.39 is 40.7 Å². The van der Waals surface area contributed by atoms with Crippen molar-refractivity contribution in [2.45, 2.75) is 111 Å². The van der Waals surface area contributed by atoms with E-state index in [1.165, 1.54) is 5.57 Å². The Labute approximate surface area is 216 Å². The van der Waals surface area contributed by atoms with Gasteiger partial charge in [0.2, 0.25) is 0 Å². The Morgan fingerprint density at radius 3 is 2.06 bits per heavy atom. The van der Waals surface area contributed by atoms with Gasteiger partial charge in [0.25, 0.3) is 0 Å². The number of allylic oxidation sites excluding steroid dienone is 2. The molecular formula is C30H50O6. The van der Waals surface area contributed by atoms with Crippen LogP contribution in [0, 0.1) is 50.2 Å². The fraction of sp³-hybridized carbons (Fsp3) is 0.933. The second-order valence-electron chi connectivity index (χ2n) is 15.1. The van der Waals surface area contributed by atoms with Crippen LogP contribution in [-0.4, -0.2) is 68.3 Å². The molecule has 0 aromatic heterocycles. The summed E-state index contributed by atoms with van der Waals surface area (Å²) in [5, 5.41) is 66.1. The summed E-state index contributed by atoms with van der Waals surface area (Å²) >= 11 is 0. The Morgan fingerprint density at radius 1 is 0.778 bits per heavy atom. The largest absolute Gasteiger partial charge is 0.396 e. The van der Waals surface area contributed by atoms with Crippen molar-refractivity contribution in [1.29, 1.82) is 0 Å². The van der Waals surface area contributed by atoms with E-state index in [-0.39, 0.29) is 41.3 Å². The van der Waals surface area contributed by atoms with Crippen LogP contribution in [0.2, 0.25) is 0 Å². The van der Waals surface area contributed by atoms with Crippen LogP contribution in [0.25, 0.3) is 0 Å². The van der Waals surface area contributed by atoms with Crippen molar-refractivity contribution in [3.8, 4) is 0 Å². The van der Waals surface area contributed by atoms with E-state index in [1.807, 2.05) is 13.8 Å². The van der Waals surface area contributed by atoms with E-state index in [0.29, 0.717) is 25.2 Å². The lowest BCUT2D eigenvalue weighted by atomic mass is 9.33. The first-order chi connectivity index (χ1) is 16.6. The molecule has 5 aliphatic rings. The van der Waals surface area contributed by atoms with Crippen molar-refractivity contribution in [2.24, 2.45) is 50.2 Å². The topological polar surface area (TPSA) is 121 Å². The van der Waals surface area contributed by atoms with Gasteiger partial charge in [0.1, 0.15) is 0 Å². The zero-order chi connectivity index (χ0) is 26.7. The van der Waals surface area contributed by atoms with Gasteiger partial charge in [-0.1, -0.05) is 53.2 Å².